The second-order valence-corrected chi connectivity index (χ2v) is 6.12. The van der Waals surface area contributed by atoms with Crippen molar-refractivity contribution in [1.82, 2.24) is 10.2 Å². The Bertz CT molecular complexity index is 641. The standard InChI is InChI=1S/C15H17N3O2S/c1-2-5-13-17-18-15(21-13)16-14(19)11-8-10-6-3-4-7-12(10)20-9-11/h3-4,6-7,11H,2,5,8-9H2,1H3,(H,16,18,19). The Kier molecular flexibility index (Phi) is 4.15. The van der Waals surface area contributed by atoms with Crippen molar-refractivity contribution in [2.45, 2.75) is 26.2 Å². The Morgan fingerprint density at radius 3 is 3.14 bits per heavy atom. The number of carbonyl (C=O) groups is 1. The lowest BCUT2D eigenvalue weighted by Crippen LogP contribution is -2.32. The van der Waals surface area contributed by atoms with Crippen LogP contribution in [0.15, 0.2) is 24.3 Å². The van der Waals surface area contributed by atoms with Crippen LogP contribution in [0.5, 0.6) is 5.75 Å². The molecule has 1 amide bonds. The minimum atomic E-state index is -0.182. The number of aryl methyl sites for hydroxylation is 1. The van der Waals surface area contributed by atoms with Gasteiger partial charge in [-0.25, -0.2) is 0 Å². The second-order valence-electron chi connectivity index (χ2n) is 5.06. The average molecular weight is 303 g/mol. The molecule has 0 spiro atoms. The van der Waals surface area contributed by atoms with Gasteiger partial charge in [0.2, 0.25) is 11.0 Å². The molecule has 0 radical (unpaired) electrons. The first-order valence-corrected chi connectivity index (χ1v) is 7.92. The summed E-state index contributed by atoms with van der Waals surface area (Å²) in [7, 11) is 0. The van der Waals surface area contributed by atoms with Crippen molar-refractivity contribution in [3.63, 3.8) is 0 Å². The third-order valence-corrected chi connectivity index (χ3v) is 4.31. The molecular formula is C15H17N3O2S. The number of amides is 1. The van der Waals surface area contributed by atoms with Crippen molar-refractivity contribution in [3.05, 3.63) is 34.8 Å². The van der Waals surface area contributed by atoms with E-state index in [2.05, 4.69) is 22.4 Å². The number of anilines is 1. The van der Waals surface area contributed by atoms with Crippen molar-refractivity contribution < 1.29 is 9.53 Å². The molecule has 0 aliphatic carbocycles. The Labute approximate surface area is 127 Å². The highest BCUT2D eigenvalue weighted by atomic mass is 32.1. The summed E-state index contributed by atoms with van der Waals surface area (Å²) in [5.74, 6) is 0.643. The van der Waals surface area contributed by atoms with Gasteiger partial charge in [-0.3, -0.25) is 4.79 Å². The number of para-hydroxylation sites is 1. The fraction of sp³-hybridized carbons (Fsp3) is 0.400. The van der Waals surface area contributed by atoms with Crippen LogP contribution in [-0.4, -0.2) is 22.7 Å². The van der Waals surface area contributed by atoms with E-state index in [0.29, 0.717) is 18.2 Å². The van der Waals surface area contributed by atoms with E-state index in [9.17, 15) is 4.79 Å². The SMILES string of the molecule is CCCc1nnc(NC(=O)C2COc3ccccc3C2)s1. The third kappa shape index (κ3) is 3.21. The van der Waals surface area contributed by atoms with E-state index >= 15 is 0 Å². The highest BCUT2D eigenvalue weighted by Crippen LogP contribution is 2.27. The number of benzene rings is 1. The highest BCUT2D eigenvalue weighted by molar-refractivity contribution is 7.15. The van der Waals surface area contributed by atoms with Crippen LogP contribution < -0.4 is 10.1 Å². The monoisotopic (exact) mass is 303 g/mol. The van der Waals surface area contributed by atoms with E-state index in [-0.39, 0.29) is 11.8 Å². The van der Waals surface area contributed by atoms with Crippen LogP contribution in [0.2, 0.25) is 0 Å². The second kappa shape index (κ2) is 6.22. The summed E-state index contributed by atoms with van der Waals surface area (Å²) in [6.45, 7) is 2.50. The number of nitrogens with one attached hydrogen (secondary N) is 1. The molecule has 1 aliphatic rings. The van der Waals surface area contributed by atoms with Gasteiger partial charge in [0, 0.05) is 6.42 Å². The van der Waals surface area contributed by atoms with Crippen LogP contribution in [0.25, 0.3) is 0 Å². The van der Waals surface area contributed by atoms with Gasteiger partial charge in [-0.1, -0.05) is 36.5 Å². The molecule has 1 unspecified atom stereocenters. The summed E-state index contributed by atoms with van der Waals surface area (Å²) in [4.78, 5) is 12.3. The van der Waals surface area contributed by atoms with Crippen LogP contribution in [0.1, 0.15) is 23.9 Å². The molecule has 110 valence electrons. The van der Waals surface area contributed by atoms with Gasteiger partial charge in [0.1, 0.15) is 17.4 Å². The topological polar surface area (TPSA) is 64.1 Å². The minimum Gasteiger partial charge on any atom is -0.492 e. The molecule has 2 aromatic rings. The van der Waals surface area contributed by atoms with Gasteiger partial charge in [0.15, 0.2) is 0 Å². The summed E-state index contributed by atoms with van der Waals surface area (Å²) in [6.07, 6.45) is 2.62. The summed E-state index contributed by atoms with van der Waals surface area (Å²) in [5, 5.41) is 12.4. The average Bonchev–Trinajstić information content (AvgIpc) is 2.94. The highest BCUT2D eigenvalue weighted by Gasteiger charge is 2.26. The third-order valence-electron chi connectivity index (χ3n) is 3.41. The number of rotatable bonds is 4. The normalized spacial score (nSPS) is 16.9. The summed E-state index contributed by atoms with van der Waals surface area (Å²) in [6, 6.07) is 7.84. The van der Waals surface area contributed by atoms with Gasteiger partial charge in [-0.2, -0.15) is 0 Å². The predicted octanol–water partition coefficient (Wildman–Crippen LogP) is 2.68. The molecule has 1 aliphatic heterocycles. The van der Waals surface area contributed by atoms with E-state index in [0.717, 1.165) is 29.2 Å². The van der Waals surface area contributed by atoms with Gasteiger partial charge in [0.25, 0.3) is 0 Å². The van der Waals surface area contributed by atoms with Crippen LogP contribution in [0.3, 0.4) is 0 Å². The van der Waals surface area contributed by atoms with E-state index in [1.807, 2.05) is 24.3 Å². The van der Waals surface area contributed by atoms with Crippen molar-refractivity contribution in [2.24, 2.45) is 5.92 Å². The van der Waals surface area contributed by atoms with Crippen LogP contribution in [-0.2, 0) is 17.6 Å². The molecule has 1 aromatic heterocycles. The van der Waals surface area contributed by atoms with Gasteiger partial charge in [-0.05, 0) is 24.5 Å². The van der Waals surface area contributed by atoms with Crippen molar-refractivity contribution in [1.29, 1.82) is 0 Å². The van der Waals surface area contributed by atoms with Crippen molar-refractivity contribution >= 4 is 22.4 Å². The fourth-order valence-corrected chi connectivity index (χ4v) is 3.17. The molecule has 21 heavy (non-hydrogen) atoms. The maximum Gasteiger partial charge on any atom is 0.233 e. The first-order chi connectivity index (χ1) is 10.3. The molecule has 5 nitrogen and oxygen atoms in total. The molecule has 1 atom stereocenters. The quantitative estimate of drug-likeness (QED) is 0.943. The number of aromatic nitrogens is 2. The van der Waals surface area contributed by atoms with Gasteiger partial charge in [-0.15, -0.1) is 10.2 Å². The molecule has 0 bridgehead atoms. The summed E-state index contributed by atoms with van der Waals surface area (Å²) >= 11 is 1.44. The maximum atomic E-state index is 12.3. The molecule has 0 saturated heterocycles. The zero-order valence-electron chi connectivity index (χ0n) is 11.8. The minimum absolute atomic E-state index is 0.0521. The first kappa shape index (κ1) is 14.0. The number of carbonyl (C=O) groups excluding carboxylic acids is 1. The van der Waals surface area contributed by atoms with Gasteiger partial charge in [0.05, 0.1) is 5.92 Å². The molecule has 1 aromatic carbocycles. The molecule has 6 heteroatoms. The molecular weight excluding hydrogens is 286 g/mol. The largest absolute Gasteiger partial charge is 0.492 e. The number of nitrogens with zero attached hydrogens (tertiary/aromatic N) is 2. The molecule has 2 heterocycles. The summed E-state index contributed by atoms with van der Waals surface area (Å²) < 4.78 is 5.65. The lowest BCUT2D eigenvalue weighted by Gasteiger charge is -2.23. The Hall–Kier alpha value is -1.95. The van der Waals surface area contributed by atoms with E-state index < -0.39 is 0 Å². The molecule has 1 N–H and O–H groups in total. The van der Waals surface area contributed by atoms with E-state index in [1.54, 1.807) is 0 Å². The predicted molar refractivity (Wildman–Crippen MR) is 81.7 cm³/mol. The summed E-state index contributed by atoms with van der Waals surface area (Å²) in [5.41, 5.74) is 1.08. The smallest absolute Gasteiger partial charge is 0.233 e. The maximum absolute atomic E-state index is 12.3. The van der Waals surface area contributed by atoms with Crippen LogP contribution in [0.4, 0.5) is 5.13 Å². The zero-order valence-corrected chi connectivity index (χ0v) is 12.7. The van der Waals surface area contributed by atoms with Crippen molar-refractivity contribution in [2.75, 3.05) is 11.9 Å². The first-order valence-electron chi connectivity index (χ1n) is 7.10. The van der Waals surface area contributed by atoms with Crippen molar-refractivity contribution in [3.8, 4) is 5.75 Å². The lowest BCUT2D eigenvalue weighted by atomic mass is 9.96. The molecule has 0 fully saturated rings. The van der Waals surface area contributed by atoms with Crippen LogP contribution in [0, 0.1) is 5.92 Å². The number of hydrogen-bond donors (Lipinski definition) is 1. The number of ether oxygens (including phenoxy) is 1. The van der Waals surface area contributed by atoms with E-state index in [4.69, 9.17) is 4.74 Å². The number of fused-ring (bicyclic) bond motifs is 1. The van der Waals surface area contributed by atoms with Gasteiger partial charge >= 0.3 is 0 Å². The number of hydrogen-bond acceptors (Lipinski definition) is 5. The molecule has 0 saturated carbocycles. The Balaban J connectivity index is 1.63. The molecule has 3 rings (SSSR count). The Morgan fingerprint density at radius 1 is 1.43 bits per heavy atom. The van der Waals surface area contributed by atoms with E-state index in [1.165, 1.54) is 11.3 Å². The Morgan fingerprint density at radius 2 is 2.29 bits per heavy atom. The fourth-order valence-electron chi connectivity index (χ4n) is 2.32. The van der Waals surface area contributed by atoms with Crippen LogP contribution >= 0.6 is 11.3 Å². The van der Waals surface area contributed by atoms with Gasteiger partial charge < -0.3 is 10.1 Å². The lowest BCUT2D eigenvalue weighted by molar-refractivity contribution is -0.121. The zero-order chi connectivity index (χ0) is 14.7.